The highest BCUT2D eigenvalue weighted by molar-refractivity contribution is 6.02. The highest BCUT2D eigenvalue weighted by Gasteiger charge is 2.13. The van der Waals surface area contributed by atoms with Crippen LogP contribution in [0.5, 0.6) is 0 Å². The number of carbonyl (C=O) groups excluding carboxylic acids is 1. The van der Waals surface area contributed by atoms with Gasteiger partial charge in [-0.3, -0.25) is 4.79 Å². The Morgan fingerprint density at radius 2 is 1.67 bits per heavy atom. The number of fused-ring (bicyclic) bond motifs is 1. The van der Waals surface area contributed by atoms with E-state index < -0.39 is 0 Å². The highest BCUT2D eigenvalue weighted by Crippen LogP contribution is 2.29. The van der Waals surface area contributed by atoms with Gasteiger partial charge in [-0.2, -0.15) is 0 Å². The average Bonchev–Trinajstić information content (AvgIpc) is 2.49. The molecule has 0 bridgehead atoms. The minimum atomic E-state index is 0.188. The molecule has 2 aromatic carbocycles. The molecule has 0 atom stereocenters. The predicted octanol–water partition coefficient (Wildman–Crippen LogP) is 5.73. The van der Waals surface area contributed by atoms with Gasteiger partial charge in [0, 0.05) is 5.56 Å². The second-order valence-electron chi connectivity index (χ2n) is 5.87. The van der Waals surface area contributed by atoms with E-state index in [0.717, 1.165) is 31.2 Å². The van der Waals surface area contributed by atoms with E-state index in [2.05, 4.69) is 38.1 Å². The van der Waals surface area contributed by atoms with Crippen molar-refractivity contribution in [2.45, 2.75) is 59.3 Å². The van der Waals surface area contributed by atoms with Gasteiger partial charge in [0.05, 0.1) is 0 Å². The number of Topliss-reactive ketones (excluding diaryl/α,β-unsaturated/α-hetero) is 1. The number of carbonyl (C=O) groups is 1. The summed E-state index contributed by atoms with van der Waals surface area (Å²) in [6.45, 7) is 6.12. The summed E-state index contributed by atoms with van der Waals surface area (Å²) in [5.74, 6) is 0.188. The second kappa shape index (κ2) is 7.40. The molecule has 0 aliphatic heterocycles. The molecule has 112 valence electrons. The number of unbranched alkanes of at least 4 members (excludes halogenated alkanes) is 2. The molecule has 0 heterocycles. The lowest BCUT2D eigenvalue weighted by atomic mass is 9.89. The van der Waals surface area contributed by atoms with E-state index in [-0.39, 0.29) is 5.78 Å². The van der Waals surface area contributed by atoms with Gasteiger partial charge in [0.25, 0.3) is 0 Å². The van der Waals surface area contributed by atoms with Crippen LogP contribution in [0.2, 0.25) is 0 Å². The Morgan fingerprint density at radius 1 is 0.952 bits per heavy atom. The van der Waals surface area contributed by atoms with Crippen molar-refractivity contribution < 1.29 is 4.79 Å². The second-order valence-corrected chi connectivity index (χ2v) is 5.87. The molecular formula is C20H26O. The van der Waals surface area contributed by atoms with Gasteiger partial charge in [-0.05, 0) is 54.5 Å². The Kier molecular flexibility index (Phi) is 5.55. The summed E-state index contributed by atoms with van der Waals surface area (Å²) in [6.07, 6.45) is 6.82. The third kappa shape index (κ3) is 3.53. The monoisotopic (exact) mass is 282 g/mol. The van der Waals surface area contributed by atoms with Gasteiger partial charge in [-0.25, -0.2) is 0 Å². The van der Waals surface area contributed by atoms with E-state index in [1.54, 1.807) is 6.92 Å². The van der Waals surface area contributed by atoms with E-state index in [1.165, 1.54) is 34.7 Å². The Bertz CT molecular complexity index is 625. The lowest BCUT2D eigenvalue weighted by Gasteiger charge is -2.15. The molecule has 2 aromatic rings. The molecule has 0 radical (unpaired) electrons. The number of rotatable bonds is 7. The first-order valence-electron chi connectivity index (χ1n) is 8.23. The number of aryl methyl sites for hydroxylation is 2. The molecule has 0 amide bonds. The largest absolute Gasteiger partial charge is 0.295 e. The van der Waals surface area contributed by atoms with Gasteiger partial charge in [0.15, 0.2) is 5.78 Å². The first-order chi connectivity index (χ1) is 10.2. The van der Waals surface area contributed by atoms with Crippen LogP contribution < -0.4 is 0 Å². The van der Waals surface area contributed by atoms with Crippen LogP contribution in [-0.2, 0) is 12.8 Å². The zero-order valence-corrected chi connectivity index (χ0v) is 13.5. The van der Waals surface area contributed by atoms with Crippen molar-refractivity contribution in [3.63, 3.8) is 0 Å². The van der Waals surface area contributed by atoms with Crippen molar-refractivity contribution in [1.82, 2.24) is 0 Å². The molecule has 0 unspecified atom stereocenters. The van der Waals surface area contributed by atoms with Crippen molar-refractivity contribution in [2.75, 3.05) is 0 Å². The molecule has 0 N–H and O–H groups in total. The maximum absolute atomic E-state index is 12.0. The predicted molar refractivity (Wildman–Crippen MR) is 91.2 cm³/mol. The van der Waals surface area contributed by atoms with Gasteiger partial charge in [-0.1, -0.05) is 57.0 Å². The first-order valence-corrected chi connectivity index (χ1v) is 8.23. The molecule has 2 rings (SSSR count). The summed E-state index contributed by atoms with van der Waals surface area (Å²) < 4.78 is 0. The van der Waals surface area contributed by atoms with E-state index in [4.69, 9.17) is 0 Å². The fraction of sp³-hybridized carbons (Fsp3) is 0.450. The third-order valence-electron chi connectivity index (χ3n) is 4.20. The summed E-state index contributed by atoms with van der Waals surface area (Å²) in [4.78, 5) is 12.0. The van der Waals surface area contributed by atoms with Crippen molar-refractivity contribution in [1.29, 1.82) is 0 Å². The van der Waals surface area contributed by atoms with Crippen molar-refractivity contribution >= 4 is 16.6 Å². The van der Waals surface area contributed by atoms with Crippen molar-refractivity contribution in [2.24, 2.45) is 0 Å². The van der Waals surface area contributed by atoms with Gasteiger partial charge in [-0.15, -0.1) is 0 Å². The van der Waals surface area contributed by atoms with Gasteiger partial charge < -0.3 is 0 Å². The summed E-state index contributed by atoms with van der Waals surface area (Å²) >= 11 is 0. The zero-order valence-electron chi connectivity index (χ0n) is 13.5. The molecule has 0 saturated carbocycles. The number of hydrogen-bond donors (Lipinski definition) is 0. The smallest absolute Gasteiger partial charge is 0.160 e. The molecule has 1 heteroatoms. The molecule has 1 nitrogen and oxygen atoms in total. The van der Waals surface area contributed by atoms with E-state index in [1.807, 2.05) is 6.07 Å². The maximum atomic E-state index is 12.0. The molecule has 0 spiro atoms. The SMILES string of the molecule is CCCCc1cccc2ccc(C(C)=O)c(CCCC)c12. The summed E-state index contributed by atoms with van der Waals surface area (Å²) in [6, 6.07) is 10.7. The van der Waals surface area contributed by atoms with Crippen LogP contribution in [0.15, 0.2) is 30.3 Å². The quantitative estimate of drug-likeness (QED) is 0.593. The Morgan fingerprint density at radius 3 is 2.33 bits per heavy atom. The lowest BCUT2D eigenvalue weighted by molar-refractivity contribution is 0.101. The molecule has 0 fully saturated rings. The van der Waals surface area contributed by atoms with E-state index in [9.17, 15) is 4.79 Å². The Labute approximate surface area is 128 Å². The third-order valence-corrected chi connectivity index (χ3v) is 4.20. The normalized spacial score (nSPS) is 11.0. The standard InChI is InChI=1S/C20H26O/c1-4-6-9-16-10-8-11-17-13-14-18(15(3)21)19(20(16)17)12-7-5-2/h8,10-11,13-14H,4-7,9,12H2,1-3H3. The number of benzene rings is 2. The summed E-state index contributed by atoms with van der Waals surface area (Å²) in [5, 5.41) is 2.62. The highest BCUT2D eigenvalue weighted by atomic mass is 16.1. The fourth-order valence-electron chi connectivity index (χ4n) is 3.05. The Balaban J connectivity index is 2.63. The van der Waals surface area contributed by atoms with E-state index in [0.29, 0.717) is 0 Å². The molecule has 21 heavy (non-hydrogen) atoms. The fourth-order valence-corrected chi connectivity index (χ4v) is 3.05. The van der Waals surface area contributed by atoms with Gasteiger partial charge in [0.1, 0.15) is 0 Å². The number of hydrogen-bond acceptors (Lipinski definition) is 1. The van der Waals surface area contributed by atoms with Gasteiger partial charge >= 0.3 is 0 Å². The van der Waals surface area contributed by atoms with Crippen LogP contribution in [0, 0.1) is 0 Å². The van der Waals surface area contributed by atoms with Crippen molar-refractivity contribution in [3.05, 3.63) is 47.0 Å². The first kappa shape index (κ1) is 15.8. The summed E-state index contributed by atoms with van der Waals surface area (Å²) in [5.41, 5.74) is 3.59. The van der Waals surface area contributed by atoms with Crippen LogP contribution >= 0.6 is 0 Å². The number of ketones is 1. The maximum Gasteiger partial charge on any atom is 0.160 e. The minimum absolute atomic E-state index is 0.188. The van der Waals surface area contributed by atoms with Crippen molar-refractivity contribution in [3.8, 4) is 0 Å². The van der Waals surface area contributed by atoms with Crippen LogP contribution in [-0.4, -0.2) is 5.78 Å². The minimum Gasteiger partial charge on any atom is -0.295 e. The van der Waals surface area contributed by atoms with E-state index >= 15 is 0 Å². The topological polar surface area (TPSA) is 17.1 Å². The zero-order chi connectivity index (χ0) is 15.2. The average molecular weight is 282 g/mol. The molecule has 0 aliphatic carbocycles. The van der Waals surface area contributed by atoms with Gasteiger partial charge in [0.2, 0.25) is 0 Å². The van der Waals surface area contributed by atoms with Crippen LogP contribution in [0.1, 0.15) is 67.9 Å². The molecule has 0 aromatic heterocycles. The van der Waals surface area contributed by atoms with Crippen LogP contribution in [0.3, 0.4) is 0 Å². The molecule has 0 aliphatic rings. The summed E-state index contributed by atoms with van der Waals surface area (Å²) in [7, 11) is 0. The molecular weight excluding hydrogens is 256 g/mol. The van der Waals surface area contributed by atoms with Crippen LogP contribution in [0.25, 0.3) is 10.8 Å². The Hall–Kier alpha value is -1.63. The van der Waals surface area contributed by atoms with Crippen LogP contribution in [0.4, 0.5) is 0 Å². The molecule has 0 saturated heterocycles. The lowest BCUT2D eigenvalue weighted by Crippen LogP contribution is -2.03.